The molecule has 0 fully saturated rings. The number of urea groups is 1. The molecule has 0 aliphatic rings. The zero-order chi connectivity index (χ0) is 15.1. The fourth-order valence-corrected chi connectivity index (χ4v) is 1.37. The summed E-state index contributed by atoms with van der Waals surface area (Å²) in [5.74, 6) is -1.96. The van der Waals surface area contributed by atoms with Gasteiger partial charge in [0.15, 0.2) is 6.10 Å². The topological polar surface area (TPSA) is 142 Å². The van der Waals surface area contributed by atoms with Gasteiger partial charge in [-0.2, -0.15) is 0 Å². The van der Waals surface area contributed by atoms with Crippen LogP contribution in [0.1, 0.15) is 16.8 Å². The summed E-state index contributed by atoms with van der Waals surface area (Å²) >= 11 is 0. The van der Waals surface area contributed by atoms with Crippen LogP contribution in [0.3, 0.4) is 0 Å². The van der Waals surface area contributed by atoms with Crippen molar-refractivity contribution in [2.24, 2.45) is 5.73 Å². The summed E-state index contributed by atoms with van der Waals surface area (Å²) in [6.07, 6.45) is -1.63. The van der Waals surface area contributed by atoms with E-state index in [1.165, 1.54) is 12.1 Å². The molecule has 8 heteroatoms. The van der Waals surface area contributed by atoms with Gasteiger partial charge < -0.3 is 26.6 Å². The predicted molar refractivity (Wildman–Crippen MR) is 70.2 cm³/mol. The number of hydrogen-bond acceptors (Lipinski definition) is 4. The van der Waals surface area contributed by atoms with Gasteiger partial charge in [0, 0.05) is 24.2 Å². The first-order valence-corrected chi connectivity index (χ1v) is 5.75. The smallest absolute Gasteiger partial charge is 0.332 e. The Balaban J connectivity index is 2.44. The van der Waals surface area contributed by atoms with Crippen molar-refractivity contribution in [2.75, 3.05) is 11.9 Å². The van der Waals surface area contributed by atoms with Crippen LogP contribution in [0.4, 0.5) is 10.5 Å². The van der Waals surface area contributed by atoms with Crippen molar-refractivity contribution < 1.29 is 24.6 Å². The van der Waals surface area contributed by atoms with Crippen LogP contribution >= 0.6 is 0 Å². The fourth-order valence-electron chi connectivity index (χ4n) is 1.37. The molecule has 3 amide bonds. The number of anilines is 1. The molecule has 0 aliphatic carbocycles. The molecule has 6 N–H and O–H groups in total. The molecular formula is C12H15N3O5. The number of carbonyl (C=O) groups is 3. The molecule has 0 aliphatic heterocycles. The minimum Gasteiger partial charge on any atom is -0.479 e. The molecule has 0 aromatic heterocycles. The Morgan fingerprint density at radius 1 is 1.30 bits per heavy atom. The van der Waals surface area contributed by atoms with E-state index in [1.54, 1.807) is 12.1 Å². The summed E-state index contributed by atoms with van der Waals surface area (Å²) in [7, 11) is 0. The van der Waals surface area contributed by atoms with Gasteiger partial charge in [0.25, 0.3) is 0 Å². The van der Waals surface area contributed by atoms with Crippen molar-refractivity contribution in [2.45, 2.75) is 12.5 Å². The number of aliphatic hydroxyl groups excluding tert-OH is 1. The highest BCUT2D eigenvalue weighted by Gasteiger charge is 2.12. The van der Waals surface area contributed by atoms with E-state index in [1.807, 2.05) is 0 Å². The lowest BCUT2D eigenvalue weighted by atomic mass is 10.2. The SMILES string of the molecule is NC(=O)c1cccc(NC(=O)NCCC(O)C(=O)O)c1. The van der Waals surface area contributed by atoms with Crippen LogP contribution in [0, 0.1) is 0 Å². The third-order valence-corrected chi connectivity index (χ3v) is 2.39. The van der Waals surface area contributed by atoms with Gasteiger partial charge in [-0.25, -0.2) is 9.59 Å². The fraction of sp³-hybridized carbons (Fsp3) is 0.250. The highest BCUT2D eigenvalue weighted by atomic mass is 16.4. The molecule has 1 aromatic rings. The van der Waals surface area contributed by atoms with Crippen molar-refractivity contribution in [1.82, 2.24) is 5.32 Å². The Morgan fingerprint density at radius 2 is 2.00 bits per heavy atom. The average molecular weight is 281 g/mol. The molecule has 1 aromatic carbocycles. The summed E-state index contributed by atoms with van der Waals surface area (Å²) in [5, 5.41) is 22.3. The third-order valence-electron chi connectivity index (χ3n) is 2.39. The molecule has 0 heterocycles. The second kappa shape index (κ2) is 7.10. The number of carboxylic acids is 1. The average Bonchev–Trinajstić information content (AvgIpc) is 2.38. The summed E-state index contributed by atoms with van der Waals surface area (Å²) in [6, 6.07) is 5.47. The standard InChI is InChI=1S/C12H15N3O5/c13-10(17)7-2-1-3-8(6-7)15-12(20)14-5-4-9(16)11(18)19/h1-3,6,9,16H,4-5H2,(H2,13,17)(H,18,19)(H2,14,15,20). The van der Waals surface area contributed by atoms with E-state index in [-0.39, 0.29) is 18.5 Å². The zero-order valence-electron chi connectivity index (χ0n) is 10.5. The lowest BCUT2D eigenvalue weighted by Crippen LogP contribution is -2.33. The number of nitrogens with one attached hydrogen (secondary N) is 2. The summed E-state index contributed by atoms with van der Waals surface area (Å²) < 4.78 is 0. The van der Waals surface area contributed by atoms with Crippen molar-refractivity contribution in [3.05, 3.63) is 29.8 Å². The summed E-state index contributed by atoms with van der Waals surface area (Å²) in [5.41, 5.74) is 5.73. The van der Waals surface area contributed by atoms with E-state index in [0.29, 0.717) is 5.69 Å². The van der Waals surface area contributed by atoms with Gasteiger partial charge in [0.2, 0.25) is 5.91 Å². The van der Waals surface area contributed by atoms with Crippen molar-refractivity contribution in [1.29, 1.82) is 0 Å². The van der Waals surface area contributed by atoms with Crippen molar-refractivity contribution in [3.8, 4) is 0 Å². The number of carboxylic acid groups (broad SMARTS) is 1. The van der Waals surface area contributed by atoms with Crippen LogP contribution < -0.4 is 16.4 Å². The van der Waals surface area contributed by atoms with Crippen LogP contribution in [0.2, 0.25) is 0 Å². The maximum absolute atomic E-state index is 11.5. The molecule has 1 rings (SSSR count). The number of aliphatic hydroxyl groups is 1. The first-order chi connectivity index (χ1) is 9.40. The monoisotopic (exact) mass is 281 g/mol. The molecular weight excluding hydrogens is 266 g/mol. The Kier molecular flexibility index (Phi) is 5.48. The Labute approximate surface area is 114 Å². The first kappa shape index (κ1) is 15.4. The molecule has 1 unspecified atom stereocenters. The number of carbonyl (C=O) groups excluding carboxylic acids is 2. The van der Waals surface area contributed by atoms with Crippen LogP contribution in [-0.2, 0) is 4.79 Å². The van der Waals surface area contributed by atoms with Crippen molar-refractivity contribution in [3.63, 3.8) is 0 Å². The third kappa shape index (κ3) is 4.94. The Bertz CT molecular complexity index is 518. The molecule has 0 bridgehead atoms. The molecule has 0 radical (unpaired) electrons. The number of benzene rings is 1. The van der Waals surface area contributed by atoms with Crippen LogP contribution in [-0.4, -0.2) is 40.8 Å². The van der Waals surface area contributed by atoms with E-state index >= 15 is 0 Å². The van der Waals surface area contributed by atoms with Crippen LogP contribution in [0.15, 0.2) is 24.3 Å². The first-order valence-electron chi connectivity index (χ1n) is 5.75. The highest BCUT2D eigenvalue weighted by molar-refractivity contribution is 5.95. The molecule has 8 nitrogen and oxygen atoms in total. The van der Waals surface area contributed by atoms with Gasteiger partial charge in [-0.05, 0) is 18.2 Å². The van der Waals surface area contributed by atoms with Gasteiger partial charge in [-0.3, -0.25) is 4.79 Å². The van der Waals surface area contributed by atoms with E-state index in [4.69, 9.17) is 15.9 Å². The van der Waals surface area contributed by atoms with E-state index in [0.717, 1.165) is 0 Å². The number of primary amides is 1. The predicted octanol–water partition coefficient (Wildman–Crippen LogP) is -0.257. The Hall–Kier alpha value is -2.61. The van der Waals surface area contributed by atoms with E-state index in [2.05, 4.69) is 10.6 Å². The quantitative estimate of drug-likeness (QED) is 0.488. The normalized spacial score (nSPS) is 11.4. The van der Waals surface area contributed by atoms with Crippen LogP contribution in [0.5, 0.6) is 0 Å². The van der Waals surface area contributed by atoms with E-state index in [9.17, 15) is 14.4 Å². The second-order valence-corrected chi connectivity index (χ2v) is 3.97. The molecule has 0 spiro atoms. The number of rotatable bonds is 6. The van der Waals surface area contributed by atoms with Gasteiger partial charge in [-0.1, -0.05) is 6.07 Å². The molecule has 0 saturated carbocycles. The molecule has 20 heavy (non-hydrogen) atoms. The van der Waals surface area contributed by atoms with E-state index < -0.39 is 24.0 Å². The largest absolute Gasteiger partial charge is 0.479 e. The lowest BCUT2D eigenvalue weighted by molar-refractivity contribution is -0.146. The van der Waals surface area contributed by atoms with Gasteiger partial charge >= 0.3 is 12.0 Å². The maximum Gasteiger partial charge on any atom is 0.332 e. The molecule has 108 valence electrons. The summed E-state index contributed by atoms with van der Waals surface area (Å²) in [6.45, 7) is -0.00515. The van der Waals surface area contributed by atoms with Gasteiger partial charge in [0.05, 0.1) is 0 Å². The number of hydrogen-bond donors (Lipinski definition) is 5. The highest BCUT2D eigenvalue weighted by Crippen LogP contribution is 2.09. The second-order valence-electron chi connectivity index (χ2n) is 3.97. The number of nitrogens with two attached hydrogens (primary N) is 1. The van der Waals surface area contributed by atoms with Gasteiger partial charge in [-0.15, -0.1) is 0 Å². The maximum atomic E-state index is 11.5. The minimum absolute atomic E-state index is 0.00515. The van der Waals surface area contributed by atoms with Gasteiger partial charge in [0.1, 0.15) is 0 Å². The lowest BCUT2D eigenvalue weighted by Gasteiger charge is -2.09. The number of amides is 3. The summed E-state index contributed by atoms with van der Waals surface area (Å²) in [4.78, 5) is 32.8. The zero-order valence-corrected chi connectivity index (χ0v) is 10.5. The number of aliphatic carboxylic acids is 1. The minimum atomic E-state index is -1.52. The van der Waals surface area contributed by atoms with Crippen molar-refractivity contribution >= 4 is 23.6 Å². The molecule has 0 saturated heterocycles. The van der Waals surface area contributed by atoms with Crippen LogP contribution in [0.25, 0.3) is 0 Å². The Morgan fingerprint density at radius 3 is 2.60 bits per heavy atom. The molecule has 1 atom stereocenters.